The van der Waals surface area contributed by atoms with Gasteiger partial charge >= 0.3 is 0 Å². The first-order chi connectivity index (χ1) is 13.6. The van der Waals surface area contributed by atoms with Crippen molar-refractivity contribution in [1.82, 2.24) is 10.2 Å². The number of carbonyl (C=O) groups is 2. The van der Waals surface area contributed by atoms with Crippen molar-refractivity contribution in [3.63, 3.8) is 0 Å². The molecule has 1 aromatic rings. The third-order valence-electron chi connectivity index (χ3n) is 6.60. The van der Waals surface area contributed by atoms with Crippen LogP contribution in [0.1, 0.15) is 51.4 Å². The van der Waals surface area contributed by atoms with Crippen LogP contribution >= 0.6 is 0 Å². The minimum Gasteiger partial charge on any atom is -0.353 e. The van der Waals surface area contributed by atoms with E-state index in [1.807, 2.05) is 0 Å². The van der Waals surface area contributed by atoms with Gasteiger partial charge in [0, 0.05) is 32.1 Å². The van der Waals surface area contributed by atoms with E-state index >= 15 is 0 Å². The van der Waals surface area contributed by atoms with Crippen LogP contribution in [0.5, 0.6) is 0 Å². The Morgan fingerprint density at radius 2 is 1.75 bits per heavy atom. The number of hydrogen-bond donors (Lipinski definition) is 1. The molecule has 0 radical (unpaired) electrons. The highest BCUT2D eigenvalue weighted by molar-refractivity contribution is 5.99. The van der Waals surface area contributed by atoms with Gasteiger partial charge in [-0.2, -0.15) is 0 Å². The molecule has 1 saturated carbocycles. The Balaban J connectivity index is 1.26. The van der Waals surface area contributed by atoms with E-state index in [-0.39, 0.29) is 29.7 Å². The number of rotatable bonds is 5. The summed E-state index contributed by atoms with van der Waals surface area (Å²) in [6.07, 6.45) is 8.04. The van der Waals surface area contributed by atoms with Crippen molar-refractivity contribution in [2.45, 2.75) is 63.5 Å². The maximum atomic E-state index is 14.1. The first kappa shape index (κ1) is 19.4. The van der Waals surface area contributed by atoms with E-state index in [1.165, 1.54) is 31.7 Å². The summed E-state index contributed by atoms with van der Waals surface area (Å²) < 4.78 is 14.1. The molecule has 3 aliphatic rings. The molecule has 152 valence electrons. The third-order valence-corrected chi connectivity index (χ3v) is 6.60. The molecule has 2 aliphatic heterocycles. The molecule has 2 amide bonds. The van der Waals surface area contributed by atoms with Crippen LogP contribution in [0.25, 0.3) is 0 Å². The SMILES string of the molecule is O=C(CC1CCCC1)NC1CCN(C2CCN(c3ccccc3F)C2=O)CC1. The Morgan fingerprint density at radius 1 is 1.04 bits per heavy atom. The number of anilines is 1. The number of halogens is 1. The van der Waals surface area contributed by atoms with Crippen molar-refractivity contribution < 1.29 is 14.0 Å². The van der Waals surface area contributed by atoms with Crippen LogP contribution in [0.2, 0.25) is 0 Å². The van der Waals surface area contributed by atoms with Gasteiger partial charge in [-0.3, -0.25) is 14.5 Å². The molecule has 5 nitrogen and oxygen atoms in total. The lowest BCUT2D eigenvalue weighted by Crippen LogP contribution is -2.50. The lowest BCUT2D eigenvalue weighted by molar-refractivity contribution is -0.124. The van der Waals surface area contributed by atoms with Gasteiger partial charge in [-0.25, -0.2) is 4.39 Å². The average Bonchev–Trinajstić information content (AvgIpc) is 3.33. The number of likely N-dealkylation sites (tertiary alicyclic amines) is 1. The highest BCUT2D eigenvalue weighted by Crippen LogP contribution is 2.29. The molecular weight excluding hydrogens is 357 g/mol. The van der Waals surface area contributed by atoms with Crippen LogP contribution in [-0.2, 0) is 9.59 Å². The summed E-state index contributed by atoms with van der Waals surface area (Å²) in [6, 6.07) is 6.51. The molecule has 1 aliphatic carbocycles. The zero-order valence-electron chi connectivity index (χ0n) is 16.4. The monoisotopic (exact) mass is 387 g/mol. The summed E-state index contributed by atoms with van der Waals surface area (Å²) in [5, 5.41) is 3.20. The van der Waals surface area contributed by atoms with Crippen molar-refractivity contribution in [2.75, 3.05) is 24.5 Å². The Hall–Kier alpha value is -1.95. The number of nitrogens with one attached hydrogen (secondary N) is 1. The second kappa shape index (κ2) is 8.60. The zero-order chi connectivity index (χ0) is 19.5. The molecule has 0 bridgehead atoms. The standard InChI is InChI=1S/C22H30FN3O2/c23-18-7-3-4-8-19(18)26-14-11-20(22(26)28)25-12-9-17(10-13-25)24-21(27)15-16-5-1-2-6-16/h3-4,7-8,16-17,20H,1-2,5-6,9-15H2,(H,24,27). The average molecular weight is 387 g/mol. The number of piperidine rings is 1. The first-order valence-electron chi connectivity index (χ1n) is 10.7. The zero-order valence-corrected chi connectivity index (χ0v) is 16.4. The molecule has 3 fully saturated rings. The van der Waals surface area contributed by atoms with Crippen molar-refractivity contribution >= 4 is 17.5 Å². The highest BCUT2D eigenvalue weighted by Gasteiger charge is 2.38. The number of benzene rings is 1. The lowest BCUT2D eigenvalue weighted by Gasteiger charge is -2.35. The van der Waals surface area contributed by atoms with Gasteiger partial charge in [-0.1, -0.05) is 25.0 Å². The van der Waals surface area contributed by atoms with Gasteiger partial charge in [-0.05, 0) is 50.2 Å². The van der Waals surface area contributed by atoms with Crippen molar-refractivity contribution in [3.05, 3.63) is 30.1 Å². The van der Waals surface area contributed by atoms with Gasteiger partial charge in [0.05, 0.1) is 11.7 Å². The number of carbonyl (C=O) groups excluding carboxylic acids is 2. The fourth-order valence-electron chi connectivity index (χ4n) is 5.03. The topological polar surface area (TPSA) is 52.7 Å². The number of amides is 2. The number of hydrogen-bond acceptors (Lipinski definition) is 3. The minimum absolute atomic E-state index is 0.00572. The maximum Gasteiger partial charge on any atom is 0.244 e. The molecule has 1 N–H and O–H groups in total. The van der Waals surface area contributed by atoms with Crippen LogP contribution in [0.3, 0.4) is 0 Å². The fraction of sp³-hybridized carbons (Fsp3) is 0.636. The summed E-state index contributed by atoms with van der Waals surface area (Å²) in [5.41, 5.74) is 0.379. The Morgan fingerprint density at radius 3 is 2.46 bits per heavy atom. The lowest BCUT2D eigenvalue weighted by atomic mass is 10.0. The maximum absolute atomic E-state index is 14.1. The molecule has 6 heteroatoms. The first-order valence-corrected chi connectivity index (χ1v) is 10.7. The summed E-state index contributed by atoms with van der Waals surface area (Å²) in [6.45, 7) is 2.16. The van der Waals surface area contributed by atoms with Crippen molar-refractivity contribution in [1.29, 1.82) is 0 Å². The number of nitrogens with zero attached hydrogens (tertiary/aromatic N) is 2. The second-order valence-electron chi connectivity index (χ2n) is 8.48. The van der Waals surface area contributed by atoms with E-state index in [4.69, 9.17) is 0 Å². The quantitative estimate of drug-likeness (QED) is 0.845. The summed E-state index contributed by atoms with van der Waals surface area (Å²) in [5.74, 6) is 0.405. The number of para-hydroxylation sites is 1. The van der Waals surface area contributed by atoms with Crippen molar-refractivity contribution in [2.24, 2.45) is 5.92 Å². The molecule has 28 heavy (non-hydrogen) atoms. The van der Waals surface area contributed by atoms with Crippen LogP contribution < -0.4 is 10.2 Å². The summed E-state index contributed by atoms with van der Waals surface area (Å²) >= 11 is 0. The smallest absolute Gasteiger partial charge is 0.244 e. The minimum atomic E-state index is -0.347. The third kappa shape index (κ3) is 4.22. The normalized spacial score (nSPS) is 24.8. The molecule has 0 spiro atoms. The Bertz CT molecular complexity index is 711. The molecule has 2 heterocycles. The van der Waals surface area contributed by atoms with Gasteiger partial charge in [0.15, 0.2) is 0 Å². The van der Waals surface area contributed by atoms with E-state index in [0.717, 1.165) is 32.4 Å². The highest BCUT2D eigenvalue weighted by atomic mass is 19.1. The van der Waals surface area contributed by atoms with Crippen LogP contribution in [0.15, 0.2) is 24.3 Å². The molecular formula is C22H30FN3O2. The van der Waals surface area contributed by atoms with Gasteiger partial charge in [0.1, 0.15) is 5.82 Å². The van der Waals surface area contributed by atoms with E-state index in [9.17, 15) is 14.0 Å². The summed E-state index contributed by atoms with van der Waals surface area (Å²) in [7, 11) is 0. The molecule has 0 aromatic heterocycles. The van der Waals surface area contributed by atoms with Gasteiger partial charge in [-0.15, -0.1) is 0 Å². The van der Waals surface area contributed by atoms with Crippen LogP contribution in [-0.4, -0.2) is 48.4 Å². The van der Waals surface area contributed by atoms with E-state index < -0.39 is 0 Å². The Kier molecular flexibility index (Phi) is 5.95. The predicted octanol–water partition coefficient (Wildman–Crippen LogP) is 3.09. The fourth-order valence-corrected chi connectivity index (χ4v) is 5.03. The van der Waals surface area contributed by atoms with E-state index in [1.54, 1.807) is 23.1 Å². The van der Waals surface area contributed by atoms with Crippen LogP contribution in [0, 0.1) is 11.7 Å². The van der Waals surface area contributed by atoms with Gasteiger partial charge in [0.2, 0.25) is 11.8 Å². The second-order valence-corrected chi connectivity index (χ2v) is 8.48. The largest absolute Gasteiger partial charge is 0.353 e. The molecule has 1 unspecified atom stereocenters. The van der Waals surface area contributed by atoms with Gasteiger partial charge in [0.25, 0.3) is 0 Å². The van der Waals surface area contributed by atoms with E-state index in [0.29, 0.717) is 24.6 Å². The molecule has 1 aromatic carbocycles. The molecule has 1 atom stereocenters. The molecule has 4 rings (SSSR count). The van der Waals surface area contributed by atoms with Crippen LogP contribution in [0.4, 0.5) is 10.1 Å². The Labute approximate surface area is 166 Å². The van der Waals surface area contributed by atoms with Gasteiger partial charge < -0.3 is 10.2 Å². The predicted molar refractivity (Wildman–Crippen MR) is 106 cm³/mol. The molecule has 2 saturated heterocycles. The van der Waals surface area contributed by atoms with Crippen molar-refractivity contribution in [3.8, 4) is 0 Å². The van der Waals surface area contributed by atoms with E-state index in [2.05, 4.69) is 10.2 Å². The summed E-state index contributed by atoms with van der Waals surface area (Å²) in [4.78, 5) is 28.9.